The number of carbonyl (C=O) groups is 1. The molecule has 1 rings (SSSR count). The smallest absolute Gasteiger partial charge is 0.321 e. The Morgan fingerprint density at radius 3 is 2.67 bits per heavy atom. The summed E-state index contributed by atoms with van der Waals surface area (Å²) in [6, 6.07) is 9.79. The van der Waals surface area contributed by atoms with Crippen molar-refractivity contribution in [1.29, 1.82) is 0 Å². The first-order chi connectivity index (χ1) is 7.27. The van der Waals surface area contributed by atoms with E-state index in [0.717, 1.165) is 5.56 Å². The van der Waals surface area contributed by atoms with Crippen molar-refractivity contribution < 1.29 is 9.53 Å². The molecule has 2 nitrogen and oxygen atoms in total. The summed E-state index contributed by atoms with van der Waals surface area (Å²) in [6.45, 7) is 0. The van der Waals surface area contributed by atoms with Gasteiger partial charge in [0.2, 0.25) is 0 Å². The van der Waals surface area contributed by atoms with Crippen molar-refractivity contribution >= 4 is 28.6 Å². The van der Waals surface area contributed by atoms with E-state index < -0.39 is 0 Å². The van der Waals surface area contributed by atoms with E-state index in [1.165, 1.54) is 7.11 Å². The van der Waals surface area contributed by atoms with E-state index in [9.17, 15) is 4.79 Å². The zero-order valence-electron chi connectivity index (χ0n) is 8.37. The lowest BCUT2D eigenvalue weighted by Gasteiger charge is -2.07. The van der Waals surface area contributed by atoms with E-state index >= 15 is 0 Å². The van der Waals surface area contributed by atoms with Crippen LogP contribution in [0.3, 0.4) is 0 Å². The summed E-state index contributed by atoms with van der Waals surface area (Å²) >= 11 is 1.93. The van der Waals surface area contributed by atoms with Crippen LogP contribution in [0.2, 0.25) is 0 Å². The van der Waals surface area contributed by atoms with Crippen LogP contribution in [0.5, 0.6) is 0 Å². The molecule has 0 aliphatic heterocycles. The van der Waals surface area contributed by atoms with Crippen molar-refractivity contribution in [3.8, 4) is 9.85 Å². The molecule has 78 valence electrons. The van der Waals surface area contributed by atoms with Crippen molar-refractivity contribution in [2.45, 2.75) is 6.42 Å². The molecule has 0 heterocycles. The topological polar surface area (TPSA) is 26.3 Å². The molecule has 1 unspecified atom stereocenters. The van der Waals surface area contributed by atoms with E-state index in [1.54, 1.807) is 0 Å². The molecule has 0 fully saturated rings. The third-order valence-electron chi connectivity index (χ3n) is 2.00. The van der Waals surface area contributed by atoms with Gasteiger partial charge in [0, 0.05) is 22.6 Å². The minimum absolute atomic E-state index is 0.275. The van der Waals surface area contributed by atoms with Crippen LogP contribution in [0.25, 0.3) is 0 Å². The second kappa shape index (κ2) is 6.46. The normalized spacial score (nSPS) is 11.1. The van der Waals surface area contributed by atoms with E-state index in [1.807, 2.05) is 52.9 Å². The number of methoxy groups -OCH3 is 1. The van der Waals surface area contributed by atoms with Crippen LogP contribution in [0.4, 0.5) is 0 Å². The summed E-state index contributed by atoms with van der Waals surface area (Å²) in [5, 5.41) is 0. The van der Waals surface area contributed by atoms with Crippen molar-refractivity contribution in [1.82, 2.24) is 0 Å². The van der Waals surface area contributed by atoms with E-state index in [0.29, 0.717) is 6.42 Å². The first-order valence-electron chi connectivity index (χ1n) is 4.51. The second-order valence-electron chi connectivity index (χ2n) is 3.00. The Morgan fingerprint density at radius 2 is 2.13 bits per heavy atom. The van der Waals surface area contributed by atoms with Crippen molar-refractivity contribution in [2.24, 2.45) is 5.92 Å². The molecular formula is C12H11IO2. The SMILES string of the molecule is COC(=O)C(C#CI)Cc1ccccc1. The van der Waals surface area contributed by atoms with Gasteiger partial charge in [-0.15, -0.1) is 0 Å². The van der Waals surface area contributed by atoms with Crippen LogP contribution in [-0.2, 0) is 16.0 Å². The minimum Gasteiger partial charge on any atom is -0.468 e. The zero-order valence-corrected chi connectivity index (χ0v) is 10.5. The van der Waals surface area contributed by atoms with Crippen molar-refractivity contribution in [3.63, 3.8) is 0 Å². The first-order valence-corrected chi connectivity index (χ1v) is 5.58. The fourth-order valence-electron chi connectivity index (χ4n) is 1.25. The number of esters is 1. The molecule has 0 radical (unpaired) electrons. The highest BCUT2D eigenvalue weighted by Crippen LogP contribution is 2.09. The molecule has 0 bridgehead atoms. The van der Waals surface area contributed by atoms with Gasteiger partial charge in [0.15, 0.2) is 0 Å². The number of hydrogen-bond acceptors (Lipinski definition) is 2. The molecule has 3 heteroatoms. The Labute approximate surface area is 103 Å². The van der Waals surface area contributed by atoms with Gasteiger partial charge in [0.05, 0.1) is 7.11 Å². The Balaban J connectivity index is 2.74. The maximum atomic E-state index is 11.4. The minimum atomic E-state index is -0.366. The number of carbonyl (C=O) groups excluding carboxylic acids is 1. The Morgan fingerprint density at radius 1 is 1.47 bits per heavy atom. The summed E-state index contributed by atoms with van der Waals surface area (Å²) < 4.78 is 7.41. The van der Waals surface area contributed by atoms with Gasteiger partial charge in [-0.05, 0) is 15.9 Å². The molecule has 0 aliphatic carbocycles. The number of halogens is 1. The Hall–Kier alpha value is -1.02. The average Bonchev–Trinajstić information content (AvgIpc) is 2.29. The van der Waals surface area contributed by atoms with E-state index in [-0.39, 0.29) is 11.9 Å². The van der Waals surface area contributed by atoms with Crippen molar-refractivity contribution in [3.05, 3.63) is 35.9 Å². The molecule has 1 aromatic rings. The summed E-state index contributed by atoms with van der Waals surface area (Å²) in [4.78, 5) is 11.4. The molecule has 0 aromatic heterocycles. The summed E-state index contributed by atoms with van der Waals surface area (Å²) in [7, 11) is 1.38. The molecule has 1 aromatic carbocycles. The molecule has 0 aliphatic rings. The van der Waals surface area contributed by atoms with Gasteiger partial charge < -0.3 is 4.74 Å². The third-order valence-corrected chi connectivity index (χ3v) is 2.31. The van der Waals surface area contributed by atoms with Gasteiger partial charge >= 0.3 is 5.97 Å². The number of rotatable bonds is 3. The second-order valence-corrected chi connectivity index (χ2v) is 3.54. The van der Waals surface area contributed by atoms with Crippen molar-refractivity contribution in [2.75, 3.05) is 7.11 Å². The van der Waals surface area contributed by atoms with Gasteiger partial charge in [-0.2, -0.15) is 0 Å². The molecule has 1 atom stereocenters. The molecule has 0 saturated carbocycles. The lowest BCUT2D eigenvalue weighted by Crippen LogP contribution is -2.16. The summed E-state index contributed by atoms with van der Waals surface area (Å²) in [6.07, 6.45) is 0.601. The predicted octanol–water partition coefficient (Wildman–Crippen LogP) is 2.41. The maximum absolute atomic E-state index is 11.4. The molecule has 0 N–H and O–H groups in total. The molecular weight excluding hydrogens is 303 g/mol. The lowest BCUT2D eigenvalue weighted by molar-refractivity contribution is -0.143. The van der Waals surface area contributed by atoms with Crippen LogP contribution in [0.15, 0.2) is 30.3 Å². The standard InChI is InChI=1S/C12H11IO2/c1-15-12(14)11(7-8-13)9-10-5-3-2-4-6-10/h2-6,11H,9H2,1H3. The highest BCUT2D eigenvalue weighted by molar-refractivity contribution is 14.1. The predicted molar refractivity (Wildman–Crippen MR) is 67.4 cm³/mol. The first kappa shape index (κ1) is 12.1. The average molecular weight is 314 g/mol. The van der Waals surface area contributed by atoms with E-state index in [4.69, 9.17) is 4.74 Å². The maximum Gasteiger partial charge on any atom is 0.321 e. The van der Waals surface area contributed by atoms with Crippen LogP contribution in [-0.4, -0.2) is 13.1 Å². The molecule has 0 saturated heterocycles. The Kier molecular flexibility index (Phi) is 5.19. The van der Waals surface area contributed by atoms with Crippen LogP contribution < -0.4 is 0 Å². The lowest BCUT2D eigenvalue weighted by atomic mass is 10.0. The Bertz CT molecular complexity index is 376. The van der Waals surface area contributed by atoms with Gasteiger partial charge in [0.1, 0.15) is 5.92 Å². The van der Waals surface area contributed by atoms with Crippen LogP contribution in [0.1, 0.15) is 5.56 Å². The number of benzene rings is 1. The zero-order chi connectivity index (χ0) is 11.1. The highest BCUT2D eigenvalue weighted by atomic mass is 127. The van der Waals surface area contributed by atoms with Gasteiger partial charge in [-0.25, -0.2) is 0 Å². The van der Waals surface area contributed by atoms with Gasteiger partial charge in [0.25, 0.3) is 0 Å². The van der Waals surface area contributed by atoms with Gasteiger partial charge in [-0.1, -0.05) is 36.3 Å². The summed E-state index contributed by atoms with van der Waals surface area (Å²) in [5.74, 6) is 2.20. The van der Waals surface area contributed by atoms with E-state index in [2.05, 4.69) is 9.85 Å². The fraction of sp³-hybridized carbons (Fsp3) is 0.250. The number of ether oxygens (including phenoxy) is 1. The van der Waals surface area contributed by atoms with Crippen LogP contribution >= 0.6 is 22.6 Å². The highest BCUT2D eigenvalue weighted by Gasteiger charge is 2.16. The largest absolute Gasteiger partial charge is 0.468 e. The monoisotopic (exact) mass is 314 g/mol. The number of hydrogen-bond donors (Lipinski definition) is 0. The summed E-state index contributed by atoms with van der Waals surface area (Å²) in [5.41, 5.74) is 1.09. The van der Waals surface area contributed by atoms with Crippen LogP contribution in [0, 0.1) is 15.8 Å². The fourth-order valence-corrected chi connectivity index (χ4v) is 1.63. The molecule has 0 spiro atoms. The quantitative estimate of drug-likeness (QED) is 0.487. The molecule has 0 amide bonds. The molecule has 15 heavy (non-hydrogen) atoms. The third kappa shape index (κ3) is 3.92. The van der Waals surface area contributed by atoms with Gasteiger partial charge in [-0.3, -0.25) is 4.79 Å².